The summed E-state index contributed by atoms with van der Waals surface area (Å²) in [5.74, 6) is 1.28. The van der Waals surface area contributed by atoms with E-state index in [0.717, 1.165) is 44.9 Å². The lowest BCUT2D eigenvalue weighted by Crippen LogP contribution is -2.65. The summed E-state index contributed by atoms with van der Waals surface area (Å²) in [6.07, 6.45) is 7.87. The number of nitriles is 1. The van der Waals surface area contributed by atoms with Gasteiger partial charge in [0.15, 0.2) is 0 Å². The Morgan fingerprint density at radius 1 is 1.32 bits per heavy atom. The van der Waals surface area contributed by atoms with Crippen LogP contribution in [0.3, 0.4) is 0 Å². The van der Waals surface area contributed by atoms with Gasteiger partial charge < -0.3 is 15.3 Å². The monoisotopic (exact) mass is 303 g/mol. The van der Waals surface area contributed by atoms with Gasteiger partial charge in [-0.15, -0.1) is 0 Å². The average molecular weight is 303 g/mol. The lowest BCUT2D eigenvalue weighted by atomic mass is 9.51. The van der Waals surface area contributed by atoms with E-state index in [4.69, 9.17) is 5.26 Å². The highest BCUT2D eigenvalue weighted by molar-refractivity contribution is 5.79. The molecule has 5 fully saturated rings. The summed E-state index contributed by atoms with van der Waals surface area (Å²) in [6.45, 7) is 1.02. The summed E-state index contributed by atoms with van der Waals surface area (Å²) in [5, 5.41) is 23.4. The van der Waals surface area contributed by atoms with Crippen LogP contribution in [-0.4, -0.2) is 46.2 Å². The Balaban J connectivity index is 1.41. The number of hydrogen-bond donors (Lipinski definition) is 2. The maximum atomic E-state index is 12.4. The van der Waals surface area contributed by atoms with Crippen LogP contribution in [0.4, 0.5) is 0 Å². The molecular weight excluding hydrogens is 278 g/mol. The SMILES string of the molecule is N#C[C@@H]1CCCN1C(=O)CNC12C[C@@H]3C[C@H](CC(O)(C3)C1)C2. The zero-order valence-corrected chi connectivity index (χ0v) is 13.1. The van der Waals surface area contributed by atoms with Crippen molar-refractivity contribution in [1.29, 1.82) is 5.26 Å². The molecule has 5 heteroatoms. The van der Waals surface area contributed by atoms with Gasteiger partial charge in [-0.25, -0.2) is 0 Å². The highest BCUT2D eigenvalue weighted by atomic mass is 16.3. The van der Waals surface area contributed by atoms with Gasteiger partial charge in [0.25, 0.3) is 0 Å². The number of nitrogens with zero attached hydrogens (tertiary/aromatic N) is 2. The predicted octanol–water partition coefficient (Wildman–Crippen LogP) is 1.17. The number of aliphatic hydroxyl groups is 1. The topological polar surface area (TPSA) is 76.4 Å². The molecule has 5 nitrogen and oxygen atoms in total. The van der Waals surface area contributed by atoms with Crippen LogP contribution < -0.4 is 5.32 Å². The molecule has 4 bridgehead atoms. The Morgan fingerprint density at radius 2 is 2.05 bits per heavy atom. The fourth-order valence-electron chi connectivity index (χ4n) is 5.99. The van der Waals surface area contributed by atoms with Crippen molar-refractivity contribution >= 4 is 5.91 Å². The molecule has 1 heterocycles. The molecule has 120 valence electrons. The van der Waals surface area contributed by atoms with Crippen molar-refractivity contribution in [3.63, 3.8) is 0 Å². The molecule has 0 spiro atoms. The Morgan fingerprint density at radius 3 is 2.68 bits per heavy atom. The van der Waals surface area contributed by atoms with E-state index >= 15 is 0 Å². The maximum absolute atomic E-state index is 12.4. The lowest BCUT2D eigenvalue weighted by Gasteiger charge is -2.60. The Hall–Kier alpha value is -1.12. The van der Waals surface area contributed by atoms with Gasteiger partial charge >= 0.3 is 0 Å². The van der Waals surface area contributed by atoms with Crippen LogP contribution in [0, 0.1) is 23.2 Å². The molecule has 1 amide bonds. The predicted molar refractivity (Wildman–Crippen MR) is 80.7 cm³/mol. The van der Waals surface area contributed by atoms with E-state index < -0.39 is 5.60 Å². The van der Waals surface area contributed by atoms with Crippen molar-refractivity contribution in [2.24, 2.45) is 11.8 Å². The summed E-state index contributed by atoms with van der Waals surface area (Å²) in [7, 11) is 0. The molecule has 22 heavy (non-hydrogen) atoms. The van der Waals surface area contributed by atoms with Crippen molar-refractivity contribution in [1.82, 2.24) is 10.2 Å². The third-order valence-corrected chi connectivity index (χ3v) is 6.37. The van der Waals surface area contributed by atoms with E-state index in [1.807, 2.05) is 0 Å². The van der Waals surface area contributed by atoms with Crippen LogP contribution in [0.2, 0.25) is 0 Å². The standard InChI is InChI=1S/C17H25N3O2/c18-9-14-2-1-3-20(14)15(21)10-19-16-5-12-4-13(6-16)8-17(22,7-12)11-16/h12-14,19,22H,1-8,10-11H2/t12-,13-,14-,16?,17?/m0/s1. The van der Waals surface area contributed by atoms with E-state index in [-0.39, 0.29) is 17.5 Å². The fraction of sp³-hybridized carbons (Fsp3) is 0.882. The van der Waals surface area contributed by atoms with Crippen LogP contribution in [0.15, 0.2) is 0 Å². The molecule has 0 unspecified atom stereocenters. The Bertz CT molecular complexity index is 512. The summed E-state index contributed by atoms with van der Waals surface area (Å²) in [4.78, 5) is 14.2. The second-order valence-corrected chi connectivity index (χ2v) is 8.19. The average Bonchev–Trinajstić information content (AvgIpc) is 2.90. The Labute approximate surface area is 131 Å². The molecule has 4 aliphatic carbocycles. The van der Waals surface area contributed by atoms with E-state index in [1.165, 1.54) is 6.42 Å². The minimum atomic E-state index is -0.497. The molecule has 4 saturated carbocycles. The van der Waals surface area contributed by atoms with Gasteiger partial charge in [0.2, 0.25) is 5.91 Å². The van der Waals surface area contributed by atoms with Crippen LogP contribution in [0.1, 0.15) is 51.4 Å². The minimum absolute atomic E-state index is 0.0453. The largest absolute Gasteiger partial charge is 0.390 e. The highest BCUT2D eigenvalue weighted by Gasteiger charge is 2.57. The van der Waals surface area contributed by atoms with Crippen molar-refractivity contribution in [2.75, 3.05) is 13.1 Å². The lowest BCUT2D eigenvalue weighted by molar-refractivity contribution is -0.147. The van der Waals surface area contributed by atoms with Crippen molar-refractivity contribution in [2.45, 2.75) is 68.5 Å². The number of likely N-dealkylation sites (tertiary alicyclic amines) is 1. The second-order valence-electron chi connectivity index (χ2n) is 8.19. The maximum Gasteiger partial charge on any atom is 0.237 e. The van der Waals surface area contributed by atoms with Crippen LogP contribution in [0.5, 0.6) is 0 Å². The first kappa shape index (κ1) is 14.5. The number of nitrogens with one attached hydrogen (secondary N) is 1. The molecule has 0 aromatic rings. The summed E-state index contributed by atoms with van der Waals surface area (Å²) >= 11 is 0. The third-order valence-electron chi connectivity index (χ3n) is 6.37. The minimum Gasteiger partial charge on any atom is -0.390 e. The van der Waals surface area contributed by atoms with E-state index in [2.05, 4.69) is 11.4 Å². The first-order valence-electron chi connectivity index (χ1n) is 8.67. The molecule has 1 aliphatic heterocycles. The molecule has 0 aromatic heterocycles. The molecular formula is C17H25N3O2. The van der Waals surface area contributed by atoms with Gasteiger partial charge in [-0.05, 0) is 63.2 Å². The van der Waals surface area contributed by atoms with Gasteiger partial charge in [0.05, 0.1) is 18.2 Å². The van der Waals surface area contributed by atoms with Crippen molar-refractivity contribution in [3.8, 4) is 6.07 Å². The molecule has 3 atom stereocenters. The van der Waals surface area contributed by atoms with Gasteiger partial charge in [-0.3, -0.25) is 4.79 Å². The quantitative estimate of drug-likeness (QED) is 0.821. The van der Waals surface area contributed by atoms with Gasteiger partial charge in [0, 0.05) is 12.1 Å². The number of rotatable bonds is 3. The van der Waals surface area contributed by atoms with Crippen LogP contribution in [0.25, 0.3) is 0 Å². The fourth-order valence-corrected chi connectivity index (χ4v) is 5.99. The number of carbonyl (C=O) groups is 1. The molecule has 1 saturated heterocycles. The molecule has 2 N–H and O–H groups in total. The van der Waals surface area contributed by atoms with Gasteiger partial charge in [-0.1, -0.05) is 0 Å². The van der Waals surface area contributed by atoms with Crippen LogP contribution in [-0.2, 0) is 4.79 Å². The first-order chi connectivity index (χ1) is 10.5. The summed E-state index contributed by atoms with van der Waals surface area (Å²) < 4.78 is 0. The smallest absolute Gasteiger partial charge is 0.237 e. The first-order valence-corrected chi connectivity index (χ1v) is 8.67. The van der Waals surface area contributed by atoms with Crippen molar-refractivity contribution in [3.05, 3.63) is 0 Å². The number of amides is 1. The summed E-state index contributed by atoms with van der Waals surface area (Å²) in [5.41, 5.74) is -0.542. The van der Waals surface area contributed by atoms with Gasteiger partial charge in [-0.2, -0.15) is 5.26 Å². The molecule has 5 aliphatic rings. The third kappa shape index (κ3) is 2.33. The summed E-state index contributed by atoms with van der Waals surface area (Å²) in [6, 6.07) is 1.99. The zero-order valence-electron chi connectivity index (χ0n) is 13.1. The Kier molecular flexibility index (Phi) is 3.25. The van der Waals surface area contributed by atoms with E-state index in [0.29, 0.717) is 24.9 Å². The van der Waals surface area contributed by atoms with Gasteiger partial charge in [0.1, 0.15) is 6.04 Å². The van der Waals surface area contributed by atoms with Crippen LogP contribution >= 0.6 is 0 Å². The number of carbonyl (C=O) groups excluding carboxylic acids is 1. The number of hydrogen-bond acceptors (Lipinski definition) is 4. The van der Waals surface area contributed by atoms with Crippen molar-refractivity contribution < 1.29 is 9.90 Å². The van der Waals surface area contributed by atoms with E-state index in [1.54, 1.807) is 4.90 Å². The normalized spacial score (nSPS) is 46.0. The highest BCUT2D eigenvalue weighted by Crippen LogP contribution is 2.57. The second kappa shape index (κ2) is 4.94. The molecule has 5 rings (SSSR count). The molecule has 0 aromatic carbocycles. The van der Waals surface area contributed by atoms with E-state index in [9.17, 15) is 9.90 Å². The molecule has 0 radical (unpaired) electrons. The zero-order chi connectivity index (χ0) is 15.4.